The number of furan rings is 1. The van der Waals surface area contributed by atoms with Crippen LogP contribution in [0.4, 0.5) is 4.79 Å². The van der Waals surface area contributed by atoms with Crippen LogP contribution in [0.25, 0.3) is 0 Å². The summed E-state index contributed by atoms with van der Waals surface area (Å²) in [6, 6.07) is 3.52. The van der Waals surface area contributed by atoms with Gasteiger partial charge < -0.3 is 19.3 Å². The highest BCUT2D eigenvalue weighted by atomic mass is 16.4. The molecule has 1 aromatic heterocycles. The SMILES string of the molecule is CN(CC(=O)O)C(=O)N(Cc1ccco1)C1CC1. The number of carboxylic acid groups (broad SMARTS) is 1. The summed E-state index contributed by atoms with van der Waals surface area (Å²) in [7, 11) is 1.49. The van der Waals surface area contributed by atoms with E-state index >= 15 is 0 Å². The van der Waals surface area contributed by atoms with Gasteiger partial charge in [0.15, 0.2) is 0 Å². The van der Waals surface area contributed by atoms with Crippen LogP contribution in [0, 0.1) is 0 Å². The second-order valence-electron chi connectivity index (χ2n) is 4.47. The molecule has 0 spiro atoms. The van der Waals surface area contributed by atoms with Gasteiger partial charge in [0.2, 0.25) is 0 Å². The summed E-state index contributed by atoms with van der Waals surface area (Å²) in [5, 5.41) is 8.69. The zero-order valence-corrected chi connectivity index (χ0v) is 10.2. The van der Waals surface area contributed by atoms with Gasteiger partial charge in [-0.05, 0) is 25.0 Å². The number of carbonyl (C=O) groups excluding carboxylic acids is 1. The lowest BCUT2D eigenvalue weighted by Crippen LogP contribution is -2.43. The Labute approximate surface area is 105 Å². The van der Waals surface area contributed by atoms with E-state index in [0.717, 1.165) is 12.8 Å². The van der Waals surface area contributed by atoms with Crippen molar-refractivity contribution in [1.29, 1.82) is 0 Å². The van der Waals surface area contributed by atoms with Gasteiger partial charge in [0.05, 0.1) is 12.8 Å². The number of carboxylic acids is 1. The molecular formula is C12H16N2O4. The Hall–Kier alpha value is -1.98. The minimum atomic E-state index is -1.01. The quantitative estimate of drug-likeness (QED) is 0.859. The van der Waals surface area contributed by atoms with Crippen LogP contribution in [0.1, 0.15) is 18.6 Å². The molecule has 6 nitrogen and oxygen atoms in total. The van der Waals surface area contributed by atoms with E-state index in [-0.39, 0.29) is 18.6 Å². The van der Waals surface area contributed by atoms with Crippen LogP contribution >= 0.6 is 0 Å². The van der Waals surface area contributed by atoms with Gasteiger partial charge in [0.1, 0.15) is 12.3 Å². The molecule has 0 aliphatic heterocycles. The number of urea groups is 1. The lowest BCUT2D eigenvalue weighted by Gasteiger charge is -2.26. The molecule has 0 unspecified atom stereocenters. The van der Waals surface area contributed by atoms with Crippen molar-refractivity contribution in [2.45, 2.75) is 25.4 Å². The molecule has 0 bridgehead atoms. The van der Waals surface area contributed by atoms with Gasteiger partial charge in [-0.2, -0.15) is 0 Å². The minimum Gasteiger partial charge on any atom is -0.480 e. The number of amides is 2. The Morgan fingerprint density at radius 3 is 2.72 bits per heavy atom. The highest BCUT2D eigenvalue weighted by molar-refractivity contribution is 5.80. The zero-order chi connectivity index (χ0) is 13.1. The number of aliphatic carboxylic acids is 1. The molecule has 2 rings (SSSR count). The van der Waals surface area contributed by atoms with E-state index in [1.54, 1.807) is 23.3 Å². The normalized spacial score (nSPS) is 14.3. The molecule has 1 aliphatic carbocycles. The summed E-state index contributed by atoms with van der Waals surface area (Å²) >= 11 is 0. The van der Waals surface area contributed by atoms with Crippen molar-refractivity contribution < 1.29 is 19.1 Å². The average molecular weight is 252 g/mol. The number of hydrogen-bond donors (Lipinski definition) is 1. The molecule has 1 saturated carbocycles. The van der Waals surface area contributed by atoms with Crippen molar-refractivity contribution in [2.75, 3.05) is 13.6 Å². The number of likely N-dealkylation sites (N-methyl/N-ethyl adjacent to an activating group) is 1. The summed E-state index contributed by atoms with van der Waals surface area (Å²) in [6.45, 7) is 0.0979. The van der Waals surface area contributed by atoms with Crippen molar-refractivity contribution in [2.24, 2.45) is 0 Å². The minimum absolute atomic E-state index is 0.207. The number of nitrogens with zero attached hydrogens (tertiary/aromatic N) is 2. The van der Waals surface area contributed by atoms with E-state index in [9.17, 15) is 9.59 Å². The fraction of sp³-hybridized carbons (Fsp3) is 0.500. The maximum Gasteiger partial charge on any atom is 0.323 e. The smallest absolute Gasteiger partial charge is 0.323 e. The van der Waals surface area contributed by atoms with Crippen LogP contribution in [0.5, 0.6) is 0 Å². The van der Waals surface area contributed by atoms with Crippen LogP contribution < -0.4 is 0 Å². The summed E-state index contributed by atoms with van der Waals surface area (Å²) in [5.74, 6) is -0.307. The summed E-state index contributed by atoms with van der Waals surface area (Å²) in [5.41, 5.74) is 0. The molecular weight excluding hydrogens is 236 g/mol. The topological polar surface area (TPSA) is 74.0 Å². The molecule has 1 N–H and O–H groups in total. The number of hydrogen-bond acceptors (Lipinski definition) is 3. The first kappa shape index (κ1) is 12.5. The first-order valence-corrected chi connectivity index (χ1v) is 5.84. The second-order valence-corrected chi connectivity index (χ2v) is 4.47. The van der Waals surface area contributed by atoms with Gasteiger partial charge in [0, 0.05) is 13.1 Å². The van der Waals surface area contributed by atoms with Crippen LogP contribution in [0.3, 0.4) is 0 Å². The Kier molecular flexibility index (Phi) is 3.55. The van der Waals surface area contributed by atoms with E-state index in [0.29, 0.717) is 12.3 Å². The fourth-order valence-electron chi connectivity index (χ4n) is 1.80. The average Bonchev–Trinajstić information content (AvgIpc) is 3.02. The molecule has 6 heteroatoms. The zero-order valence-electron chi connectivity index (χ0n) is 10.2. The molecule has 18 heavy (non-hydrogen) atoms. The van der Waals surface area contributed by atoms with E-state index < -0.39 is 5.97 Å². The first-order chi connectivity index (χ1) is 8.58. The highest BCUT2D eigenvalue weighted by Crippen LogP contribution is 2.29. The Bertz CT molecular complexity index is 425. The van der Waals surface area contributed by atoms with Crippen LogP contribution in [-0.2, 0) is 11.3 Å². The summed E-state index contributed by atoms with van der Waals surface area (Å²) < 4.78 is 5.22. The fourth-order valence-corrected chi connectivity index (χ4v) is 1.80. The van der Waals surface area contributed by atoms with E-state index in [4.69, 9.17) is 9.52 Å². The third-order valence-corrected chi connectivity index (χ3v) is 2.84. The molecule has 1 heterocycles. The largest absolute Gasteiger partial charge is 0.480 e. The molecule has 1 fully saturated rings. The molecule has 0 radical (unpaired) electrons. The van der Waals surface area contributed by atoms with Gasteiger partial charge in [-0.3, -0.25) is 4.79 Å². The lowest BCUT2D eigenvalue weighted by atomic mass is 10.4. The van der Waals surface area contributed by atoms with Crippen LogP contribution in [0.15, 0.2) is 22.8 Å². The van der Waals surface area contributed by atoms with Gasteiger partial charge >= 0.3 is 12.0 Å². The van der Waals surface area contributed by atoms with Gasteiger partial charge in [-0.25, -0.2) is 4.79 Å². The van der Waals surface area contributed by atoms with Crippen molar-refractivity contribution in [3.05, 3.63) is 24.2 Å². The van der Waals surface area contributed by atoms with Gasteiger partial charge in [-0.1, -0.05) is 0 Å². The molecule has 1 aromatic rings. The molecule has 0 atom stereocenters. The monoisotopic (exact) mass is 252 g/mol. The van der Waals surface area contributed by atoms with Crippen molar-refractivity contribution in [3.63, 3.8) is 0 Å². The summed E-state index contributed by atoms with van der Waals surface area (Å²) in [4.78, 5) is 25.6. The van der Waals surface area contributed by atoms with Crippen LogP contribution in [-0.4, -0.2) is 46.5 Å². The second kappa shape index (κ2) is 5.12. The van der Waals surface area contributed by atoms with Crippen molar-refractivity contribution in [1.82, 2.24) is 9.80 Å². The van der Waals surface area contributed by atoms with E-state index in [2.05, 4.69) is 0 Å². The third kappa shape index (κ3) is 3.03. The van der Waals surface area contributed by atoms with E-state index in [1.807, 2.05) is 0 Å². The molecule has 98 valence electrons. The van der Waals surface area contributed by atoms with Gasteiger partial charge in [-0.15, -0.1) is 0 Å². The highest BCUT2D eigenvalue weighted by Gasteiger charge is 2.34. The number of carbonyl (C=O) groups is 2. The van der Waals surface area contributed by atoms with Crippen molar-refractivity contribution in [3.8, 4) is 0 Å². The maximum absolute atomic E-state index is 12.1. The summed E-state index contributed by atoms with van der Waals surface area (Å²) in [6.07, 6.45) is 3.49. The predicted molar refractivity (Wildman–Crippen MR) is 62.9 cm³/mol. The standard InChI is InChI=1S/C12H16N2O4/c1-13(8-11(15)16)12(17)14(9-4-5-9)7-10-3-2-6-18-10/h2-3,6,9H,4-5,7-8H2,1H3,(H,15,16). The van der Waals surface area contributed by atoms with E-state index in [1.165, 1.54) is 11.9 Å². The van der Waals surface area contributed by atoms with Crippen LogP contribution in [0.2, 0.25) is 0 Å². The molecule has 0 aromatic carbocycles. The molecule has 2 amide bonds. The van der Waals surface area contributed by atoms with Gasteiger partial charge in [0.25, 0.3) is 0 Å². The van der Waals surface area contributed by atoms with Crippen molar-refractivity contribution >= 4 is 12.0 Å². The Morgan fingerprint density at radius 1 is 1.50 bits per heavy atom. The number of rotatable bonds is 5. The predicted octanol–water partition coefficient (Wildman–Crippen LogP) is 1.38. The Balaban J connectivity index is 2.00. The molecule has 0 saturated heterocycles. The Morgan fingerprint density at radius 2 is 2.22 bits per heavy atom. The lowest BCUT2D eigenvalue weighted by molar-refractivity contribution is -0.137. The molecule has 1 aliphatic rings. The third-order valence-electron chi connectivity index (χ3n) is 2.84. The first-order valence-electron chi connectivity index (χ1n) is 5.84. The maximum atomic E-state index is 12.1.